The first-order chi connectivity index (χ1) is 8.58. The summed E-state index contributed by atoms with van der Waals surface area (Å²) in [6.07, 6.45) is 3.64. The van der Waals surface area contributed by atoms with E-state index in [0.29, 0.717) is 6.42 Å². The maximum absolute atomic E-state index is 11.4. The quantitative estimate of drug-likeness (QED) is 0.765. The topological polar surface area (TPSA) is 46.2 Å². The van der Waals surface area contributed by atoms with Crippen molar-refractivity contribution in [1.82, 2.24) is 5.32 Å². The molecule has 2 aliphatic rings. The Labute approximate surface area is 107 Å². The van der Waals surface area contributed by atoms with Crippen molar-refractivity contribution in [2.75, 3.05) is 6.54 Å². The van der Waals surface area contributed by atoms with Crippen molar-refractivity contribution in [3.63, 3.8) is 0 Å². The van der Waals surface area contributed by atoms with Crippen LogP contribution in [0.4, 0.5) is 0 Å². The first-order valence-corrected chi connectivity index (χ1v) is 6.47. The molecule has 1 aliphatic heterocycles. The number of hydrogen-bond donors (Lipinski definition) is 1. The maximum Gasteiger partial charge on any atom is 0.220 e. The van der Waals surface area contributed by atoms with Gasteiger partial charge in [-0.3, -0.25) is 9.59 Å². The minimum atomic E-state index is 0.0967. The standard InChI is InChI=1S/C15H17NO2/c1-10(17)12-3-2-11-4-5-15(7-13(11)6-12)8-14(18)16-9-15/h2-3,6H,4-5,7-9H2,1H3,(H,16,18). The molecular formula is C15H17NO2. The van der Waals surface area contributed by atoms with Gasteiger partial charge in [-0.2, -0.15) is 0 Å². The van der Waals surface area contributed by atoms with Crippen LogP contribution in [0.5, 0.6) is 0 Å². The van der Waals surface area contributed by atoms with Crippen LogP contribution in [-0.4, -0.2) is 18.2 Å². The first kappa shape index (κ1) is 11.5. The second kappa shape index (κ2) is 3.94. The maximum atomic E-state index is 11.4. The highest BCUT2D eigenvalue weighted by molar-refractivity contribution is 5.94. The number of benzene rings is 1. The van der Waals surface area contributed by atoms with Crippen LogP contribution in [0.2, 0.25) is 0 Å². The summed E-state index contributed by atoms with van der Waals surface area (Å²) in [6.45, 7) is 2.39. The zero-order valence-electron chi connectivity index (χ0n) is 10.6. The average Bonchev–Trinajstić information content (AvgIpc) is 2.69. The molecule has 0 radical (unpaired) electrons. The van der Waals surface area contributed by atoms with Crippen LogP contribution in [0.25, 0.3) is 0 Å². The zero-order chi connectivity index (χ0) is 12.8. The number of ketones is 1. The second-order valence-electron chi connectivity index (χ2n) is 5.67. The Bertz CT molecular complexity index is 535. The lowest BCUT2D eigenvalue weighted by atomic mass is 9.70. The number of rotatable bonds is 1. The van der Waals surface area contributed by atoms with Crippen molar-refractivity contribution in [2.45, 2.75) is 32.6 Å². The normalized spacial score (nSPS) is 25.9. The molecule has 3 heteroatoms. The average molecular weight is 243 g/mol. The van der Waals surface area contributed by atoms with Crippen LogP contribution >= 0.6 is 0 Å². The number of carbonyl (C=O) groups excluding carboxylic acids is 2. The number of fused-ring (bicyclic) bond motifs is 1. The fourth-order valence-electron chi connectivity index (χ4n) is 3.20. The summed E-state index contributed by atoms with van der Waals surface area (Å²) in [7, 11) is 0. The number of hydrogen-bond acceptors (Lipinski definition) is 2. The van der Waals surface area contributed by atoms with Crippen LogP contribution in [0.3, 0.4) is 0 Å². The highest BCUT2D eigenvalue weighted by atomic mass is 16.2. The van der Waals surface area contributed by atoms with E-state index in [1.165, 1.54) is 11.1 Å². The third kappa shape index (κ3) is 1.84. The molecule has 0 bridgehead atoms. The molecule has 1 saturated heterocycles. The van der Waals surface area contributed by atoms with Gasteiger partial charge < -0.3 is 5.32 Å². The minimum absolute atomic E-state index is 0.0967. The molecule has 1 spiro atoms. The van der Waals surface area contributed by atoms with E-state index in [2.05, 4.69) is 11.4 Å². The summed E-state index contributed by atoms with van der Waals surface area (Å²) in [5.74, 6) is 0.277. The van der Waals surface area contributed by atoms with Crippen LogP contribution in [0.15, 0.2) is 18.2 Å². The van der Waals surface area contributed by atoms with Crippen molar-refractivity contribution >= 4 is 11.7 Å². The summed E-state index contributed by atoms with van der Waals surface area (Å²) in [4.78, 5) is 22.9. The molecule has 3 nitrogen and oxygen atoms in total. The van der Waals surface area contributed by atoms with Crippen molar-refractivity contribution in [3.05, 3.63) is 34.9 Å². The fourth-order valence-corrected chi connectivity index (χ4v) is 3.20. The highest BCUT2D eigenvalue weighted by Crippen LogP contribution is 2.40. The molecule has 1 heterocycles. The van der Waals surface area contributed by atoms with Crippen LogP contribution < -0.4 is 5.32 Å². The van der Waals surface area contributed by atoms with Gasteiger partial charge in [0.1, 0.15) is 0 Å². The molecule has 3 rings (SSSR count). The lowest BCUT2D eigenvalue weighted by molar-refractivity contribution is -0.119. The predicted molar refractivity (Wildman–Crippen MR) is 68.5 cm³/mol. The molecule has 1 fully saturated rings. The van der Waals surface area contributed by atoms with Gasteiger partial charge in [0.2, 0.25) is 5.91 Å². The van der Waals surface area contributed by atoms with Crippen LogP contribution in [-0.2, 0) is 17.6 Å². The third-order valence-electron chi connectivity index (χ3n) is 4.30. The van der Waals surface area contributed by atoms with Gasteiger partial charge in [0, 0.05) is 23.9 Å². The molecule has 1 aromatic carbocycles. The van der Waals surface area contributed by atoms with E-state index >= 15 is 0 Å². The summed E-state index contributed by atoms with van der Waals surface area (Å²) in [5, 5.41) is 2.94. The SMILES string of the molecule is CC(=O)c1ccc2c(c1)CC1(CC2)CNC(=O)C1. The molecule has 0 aromatic heterocycles. The monoisotopic (exact) mass is 243 g/mol. The van der Waals surface area contributed by atoms with Crippen LogP contribution in [0.1, 0.15) is 41.3 Å². The molecule has 18 heavy (non-hydrogen) atoms. The minimum Gasteiger partial charge on any atom is -0.356 e. The lowest BCUT2D eigenvalue weighted by Gasteiger charge is -2.33. The lowest BCUT2D eigenvalue weighted by Crippen LogP contribution is -2.31. The van der Waals surface area contributed by atoms with Gasteiger partial charge in [-0.25, -0.2) is 0 Å². The summed E-state index contributed by atoms with van der Waals surface area (Å²) in [5.41, 5.74) is 3.47. The number of aryl methyl sites for hydroxylation is 1. The molecular weight excluding hydrogens is 226 g/mol. The van der Waals surface area contributed by atoms with Gasteiger partial charge in [0.05, 0.1) is 0 Å². The van der Waals surface area contributed by atoms with E-state index in [0.717, 1.165) is 31.4 Å². The number of Topliss-reactive ketones (excluding diaryl/α,β-unsaturated/α-hetero) is 1. The molecule has 1 aromatic rings. The van der Waals surface area contributed by atoms with Gasteiger partial charge in [-0.1, -0.05) is 12.1 Å². The Morgan fingerprint density at radius 1 is 1.28 bits per heavy atom. The fraction of sp³-hybridized carbons (Fsp3) is 0.467. The van der Waals surface area contributed by atoms with E-state index in [9.17, 15) is 9.59 Å². The Balaban J connectivity index is 1.93. The highest BCUT2D eigenvalue weighted by Gasteiger charge is 2.40. The first-order valence-electron chi connectivity index (χ1n) is 6.47. The van der Waals surface area contributed by atoms with Gasteiger partial charge in [0.15, 0.2) is 5.78 Å². The summed E-state index contributed by atoms with van der Waals surface area (Å²) < 4.78 is 0. The largest absolute Gasteiger partial charge is 0.356 e. The number of nitrogens with one attached hydrogen (secondary N) is 1. The van der Waals surface area contributed by atoms with E-state index in [1.807, 2.05) is 12.1 Å². The Kier molecular flexibility index (Phi) is 2.51. The van der Waals surface area contributed by atoms with Gasteiger partial charge in [-0.05, 0) is 43.4 Å². The van der Waals surface area contributed by atoms with E-state index in [-0.39, 0.29) is 17.1 Å². The third-order valence-corrected chi connectivity index (χ3v) is 4.30. The van der Waals surface area contributed by atoms with Gasteiger partial charge in [-0.15, -0.1) is 0 Å². The predicted octanol–water partition coefficient (Wildman–Crippen LogP) is 1.88. The van der Waals surface area contributed by atoms with Crippen molar-refractivity contribution < 1.29 is 9.59 Å². The summed E-state index contributed by atoms with van der Waals surface area (Å²) >= 11 is 0. The molecule has 1 atom stereocenters. The molecule has 1 amide bonds. The Hall–Kier alpha value is -1.64. The number of carbonyl (C=O) groups is 2. The zero-order valence-corrected chi connectivity index (χ0v) is 10.6. The van der Waals surface area contributed by atoms with Gasteiger partial charge >= 0.3 is 0 Å². The molecule has 1 N–H and O–H groups in total. The van der Waals surface area contributed by atoms with Crippen molar-refractivity contribution in [2.24, 2.45) is 5.41 Å². The Morgan fingerprint density at radius 2 is 2.11 bits per heavy atom. The Morgan fingerprint density at radius 3 is 2.78 bits per heavy atom. The van der Waals surface area contributed by atoms with Crippen molar-refractivity contribution in [3.8, 4) is 0 Å². The second-order valence-corrected chi connectivity index (χ2v) is 5.67. The molecule has 0 saturated carbocycles. The molecule has 1 aliphatic carbocycles. The van der Waals surface area contributed by atoms with Crippen molar-refractivity contribution in [1.29, 1.82) is 0 Å². The van der Waals surface area contributed by atoms with Gasteiger partial charge in [0.25, 0.3) is 0 Å². The molecule has 1 unspecified atom stereocenters. The number of amides is 1. The van der Waals surface area contributed by atoms with E-state index < -0.39 is 0 Å². The van der Waals surface area contributed by atoms with E-state index in [4.69, 9.17) is 0 Å². The van der Waals surface area contributed by atoms with Crippen LogP contribution in [0, 0.1) is 5.41 Å². The molecule has 94 valence electrons. The smallest absolute Gasteiger partial charge is 0.220 e. The van der Waals surface area contributed by atoms with E-state index in [1.54, 1.807) is 6.92 Å². The summed E-state index contributed by atoms with van der Waals surface area (Å²) in [6, 6.07) is 6.00.